The zero-order valence-corrected chi connectivity index (χ0v) is 34.7. The largest absolute Gasteiger partial charge is 0.485 e. The molecule has 0 aliphatic carbocycles. The summed E-state index contributed by atoms with van der Waals surface area (Å²) in [6.07, 6.45) is -1.56. The van der Waals surface area contributed by atoms with Crippen LogP contribution in [0.4, 0.5) is 0 Å². The van der Waals surface area contributed by atoms with Crippen LogP contribution in [0.3, 0.4) is 0 Å². The third-order valence-corrected chi connectivity index (χ3v) is 11.7. The smallest absolute Gasteiger partial charge is 0.305 e. The molecule has 3 atom stereocenters. The third kappa shape index (κ3) is 9.22. The van der Waals surface area contributed by atoms with E-state index in [0.29, 0.717) is 23.0 Å². The highest BCUT2D eigenvalue weighted by molar-refractivity contribution is 7.08. The third-order valence-electron chi connectivity index (χ3n) is 10.3. The van der Waals surface area contributed by atoms with Crippen LogP contribution in [0.2, 0.25) is 0 Å². The number of nitrogens with zero attached hydrogens (tertiary/aromatic N) is 2. The van der Waals surface area contributed by atoms with Crippen molar-refractivity contribution in [3.8, 4) is 23.0 Å². The van der Waals surface area contributed by atoms with Crippen LogP contribution in [0.25, 0.3) is 10.8 Å². The van der Waals surface area contributed by atoms with E-state index in [4.69, 9.17) is 37.9 Å². The van der Waals surface area contributed by atoms with Crippen molar-refractivity contribution in [1.29, 1.82) is 0 Å². The van der Waals surface area contributed by atoms with Crippen LogP contribution >= 0.6 is 22.7 Å². The average Bonchev–Trinajstić information content (AvgIpc) is 3.95. The molecule has 4 aromatic rings. The lowest BCUT2D eigenvalue weighted by atomic mass is 9.86. The molecule has 62 heavy (non-hydrogen) atoms. The lowest BCUT2D eigenvalue weighted by molar-refractivity contribution is -0.148. The summed E-state index contributed by atoms with van der Waals surface area (Å²) in [5, 5.41) is 17.8. The van der Waals surface area contributed by atoms with Gasteiger partial charge in [0, 0.05) is 73.8 Å². The standard InChI is InChI=1S/C42H40N2O16S2/c45-33(3-1-5-35(47)57-17-23-15-55-29-19-61-21-31(29)59-23)53-13-11-43-39(49)25-7-9-27-38-28(10-8-26(37(25)38)40(43)50)42(52)44(41(27)51)12-14-54-34(46)4-2-6-36(48)58-18-24-16-56-30-20-62-22-32(30)60-24/h7-10,19-24,35,47H,1-6,11-18H2. The van der Waals surface area contributed by atoms with Crippen LogP contribution in [0.5, 0.6) is 23.0 Å². The number of amides is 4. The molecule has 8 rings (SSSR count). The summed E-state index contributed by atoms with van der Waals surface area (Å²) in [5.74, 6) is -1.92. The Balaban J connectivity index is 0.760. The van der Waals surface area contributed by atoms with E-state index in [1.165, 1.54) is 46.9 Å². The summed E-state index contributed by atoms with van der Waals surface area (Å²) in [6, 6.07) is 5.63. The normalized spacial score (nSPS) is 17.9. The van der Waals surface area contributed by atoms with Crippen LogP contribution in [0.1, 0.15) is 80.0 Å². The number of aliphatic hydroxyl groups excluding tert-OH is 1. The van der Waals surface area contributed by atoms with Crippen molar-refractivity contribution in [1.82, 2.24) is 9.80 Å². The summed E-state index contributed by atoms with van der Waals surface area (Å²) in [7, 11) is 0. The number of carbonyl (C=O) groups excluding carboxylic acids is 7. The molecule has 2 aromatic carbocycles. The molecule has 4 aliphatic rings. The van der Waals surface area contributed by atoms with Crippen molar-refractivity contribution in [2.75, 3.05) is 52.7 Å². The molecule has 0 fully saturated rings. The first-order valence-corrected chi connectivity index (χ1v) is 21.7. The maximum atomic E-state index is 13.6. The van der Waals surface area contributed by atoms with Gasteiger partial charge in [-0.2, -0.15) is 0 Å². The van der Waals surface area contributed by atoms with E-state index >= 15 is 0 Å². The Morgan fingerprint density at radius 1 is 0.613 bits per heavy atom. The molecule has 20 heteroatoms. The second kappa shape index (κ2) is 18.9. The van der Waals surface area contributed by atoms with Gasteiger partial charge in [-0.15, -0.1) is 22.7 Å². The molecular formula is C42H40N2O16S2. The topological polar surface area (TPSA) is 220 Å². The zero-order valence-electron chi connectivity index (χ0n) is 33.0. The Kier molecular flexibility index (Phi) is 13.0. The average molecular weight is 893 g/mol. The summed E-state index contributed by atoms with van der Waals surface area (Å²) < 4.78 is 43.9. The van der Waals surface area contributed by atoms with Crippen LogP contribution in [-0.4, -0.2) is 128 Å². The highest BCUT2D eigenvalue weighted by Gasteiger charge is 2.40. The lowest BCUT2D eigenvalue weighted by Gasteiger charge is -2.31. The SMILES string of the molecule is O=C(CCCC(=O)OCC1COc2cscc2O1)OCCN1C(=O)c2ccc3c4c(ccc(c24)C1=O)C(=O)N(CCOC(=O)CCCC(O)OCC1COc2cscc2O1)C3=O. The Labute approximate surface area is 361 Å². The summed E-state index contributed by atoms with van der Waals surface area (Å²) in [6.45, 7) is -0.451. The molecule has 0 saturated carbocycles. The number of imide groups is 2. The second-order valence-electron chi connectivity index (χ2n) is 14.6. The second-order valence-corrected chi connectivity index (χ2v) is 16.0. The van der Waals surface area contributed by atoms with Gasteiger partial charge in [0.2, 0.25) is 0 Å². The predicted octanol–water partition coefficient (Wildman–Crippen LogP) is 4.14. The number of hydrogen-bond donors (Lipinski definition) is 1. The van der Waals surface area contributed by atoms with Crippen LogP contribution in [-0.2, 0) is 33.3 Å². The number of fused-ring (bicyclic) bond motifs is 2. The fourth-order valence-electron chi connectivity index (χ4n) is 7.27. The molecule has 4 aliphatic heterocycles. The number of thiophene rings is 2. The minimum Gasteiger partial charge on any atom is -0.485 e. The van der Waals surface area contributed by atoms with E-state index in [1.54, 1.807) is 5.38 Å². The number of hydrogen-bond acceptors (Lipinski definition) is 18. The number of aliphatic hydroxyl groups is 1. The highest BCUT2D eigenvalue weighted by atomic mass is 32.1. The Morgan fingerprint density at radius 2 is 1.03 bits per heavy atom. The van der Waals surface area contributed by atoms with Crippen molar-refractivity contribution in [2.24, 2.45) is 0 Å². The van der Waals surface area contributed by atoms with Gasteiger partial charge >= 0.3 is 17.9 Å². The quantitative estimate of drug-likeness (QED) is 0.0605. The highest BCUT2D eigenvalue weighted by Crippen LogP contribution is 2.39. The summed E-state index contributed by atoms with van der Waals surface area (Å²) in [4.78, 5) is 93.3. The van der Waals surface area contributed by atoms with Crippen LogP contribution < -0.4 is 18.9 Å². The van der Waals surface area contributed by atoms with Gasteiger partial charge in [0.1, 0.15) is 33.0 Å². The van der Waals surface area contributed by atoms with Gasteiger partial charge in [0.15, 0.2) is 41.5 Å². The molecule has 6 heterocycles. The first-order valence-electron chi connectivity index (χ1n) is 19.9. The van der Waals surface area contributed by atoms with E-state index in [1.807, 2.05) is 16.1 Å². The summed E-state index contributed by atoms with van der Waals surface area (Å²) >= 11 is 2.89. The van der Waals surface area contributed by atoms with Gasteiger partial charge < -0.3 is 43.0 Å². The fraction of sp³-hybridized carbons (Fsp3) is 0.405. The molecule has 0 saturated heterocycles. The van der Waals surface area contributed by atoms with E-state index in [2.05, 4.69) is 0 Å². The number of ether oxygens (including phenoxy) is 8. The van der Waals surface area contributed by atoms with Crippen molar-refractivity contribution in [3.63, 3.8) is 0 Å². The number of esters is 3. The molecule has 0 radical (unpaired) electrons. The number of carbonyl (C=O) groups is 7. The molecule has 326 valence electrons. The van der Waals surface area contributed by atoms with Crippen molar-refractivity contribution in [3.05, 3.63) is 68.0 Å². The van der Waals surface area contributed by atoms with Gasteiger partial charge in [-0.05, 0) is 43.5 Å². The Bertz CT molecular complexity index is 2340. The summed E-state index contributed by atoms with van der Waals surface area (Å²) in [5.41, 5.74) is 0.388. The van der Waals surface area contributed by atoms with E-state index in [9.17, 15) is 38.7 Å². The molecule has 1 N–H and O–H groups in total. The van der Waals surface area contributed by atoms with Gasteiger partial charge in [-0.1, -0.05) is 0 Å². The molecule has 18 nitrogen and oxygen atoms in total. The fourth-order valence-corrected chi connectivity index (χ4v) is 8.61. The molecule has 0 spiro atoms. The molecular weight excluding hydrogens is 853 g/mol. The predicted molar refractivity (Wildman–Crippen MR) is 216 cm³/mol. The Hall–Kier alpha value is -6.09. The van der Waals surface area contributed by atoms with Gasteiger partial charge in [0.25, 0.3) is 23.6 Å². The number of rotatable bonds is 19. The molecule has 3 unspecified atom stereocenters. The van der Waals surface area contributed by atoms with Crippen molar-refractivity contribution in [2.45, 2.75) is 57.0 Å². The minimum atomic E-state index is -1.13. The maximum absolute atomic E-state index is 13.6. The number of benzene rings is 2. The lowest BCUT2D eigenvalue weighted by Crippen LogP contribution is -2.45. The molecule has 4 amide bonds. The molecule has 2 aromatic heterocycles. The van der Waals surface area contributed by atoms with Crippen LogP contribution in [0.15, 0.2) is 45.8 Å². The van der Waals surface area contributed by atoms with Gasteiger partial charge in [-0.3, -0.25) is 43.4 Å². The van der Waals surface area contributed by atoms with Gasteiger partial charge in [0.05, 0.1) is 19.7 Å². The first kappa shape index (κ1) is 42.6. The first-order chi connectivity index (χ1) is 30.0. The van der Waals surface area contributed by atoms with Crippen LogP contribution in [0, 0.1) is 0 Å². The minimum absolute atomic E-state index is 0.000881. The Morgan fingerprint density at radius 3 is 1.52 bits per heavy atom. The molecule has 0 bridgehead atoms. The monoisotopic (exact) mass is 892 g/mol. The maximum Gasteiger partial charge on any atom is 0.305 e. The van der Waals surface area contributed by atoms with E-state index in [-0.39, 0.29) is 130 Å². The van der Waals surface area contributed by atoms with Crippen molar-refractivity contribution < 1.29 is 76.6 Å². The van der Waals surface area contributed by atoms with E-state index in [0.717, 1.165) is 9.80 Å². The van der Waals surface area contributed by atoms with Crippen molar-refractivity contribution >= 4 is 75.0 Å². The van der Waals surface area contributed by atoms with E-state index < -0.39 is 53.9 Å². The zero-order chi connectivity index (χ0) is 43.3. The van der Waals surface area contributed by atoms with Gasteiger partial charge in [-0.25, -0.2) is 0 Å².